The smallest absolute Gasteiger partial charge is 0.0962 e. The highest BCUT2D eigenvalue weighted by atomic mass is 16.5. The van der Waals surface area contributed by atoms with E-state index in [9.17, 15) is 5.11 Å². The van der Waals surface area contributed by atoms with Gasteiger partial charge in [-0.15, -0.1) is 0 Å². The van der Waals surface area contributed by atoms with Crippen LogP contribution in [0, 0.1) is 5.41 Å². The van der Waals surface area contributed by atoms with Crippen molar-refractivity contribution in [3.05, 3.63) is 0 Å². The third kappa shape index (κ3) is 2.76. The van der Waals surface area contributed by atoms with Crippen LogP contribution in [0.1, 0.15) is 40.5 Å². The van der Waals surface area contributed by atoms with E-state index in [0.29, 0.717) is 0 Å². The standard InChI is InChI=1S/C13H27NO2/c1-7-13(3,4)12-11(15)10(14(5)6)8-9(2)16-12/h9-12,15H,7-8H2,1-6H3. The van der Waals surface area contributed by atoms with Gasteiger partial charge in [-0.25, -0.2) is 0 Å². The predicted octanol–water partition coefficient (Wildman–Crippen LogP) is 1.89. The van der Waals surface area contributed by atoms with Crippen LogP contribution < -0.4 is 0 Å². The van der Waals surface area contributed by atoms with Gasteiger partial charge in [-0.1, -0.05) is 20.8 Å². The number of hydrogen-bond donors (Lipinski definition) is 1. The summed E-state index contributed by atoms with van der Waals surface area (Å²) >= 11 is 0. The van der Waals surface area contributed by atoms with Crippen molar-refractivity contribution < 1.29 is 9.84 Å². The van der Waals surface area contributed by atoms with Crippen molar-refractivity contribution in [3.63, 3.8) is 0 Å². The Hall–Kier alpha value is -0.120. The largest absolute Gasteiger partial charge is 0.389 e. The van der Waals surface area contributed by atoms with E-state index in [1.165, 1.54) is 0 Å². The summed E-state index contributed by atoms with van der Waals surface area (Å²) in [5.74, 6) is 0. The molecule has 0 radical (unpaired) electrons. The van der Waals surface area contributed by atoms with Crippen LogP contribution in [0.2, 0.25) is 0 Å². The molecule has 1 rings (SSSR count). The van der Waals surface area contributed by atoms with Gasteiger partial charge in [0, 0.05) is 6.04 Å². The van der Waals surface area contributed by atoms with E-state index in [1.54, 1.807) is 0 Å². The minimum absolute atomic E-state index is 0.0301. The van der Waals surface area contributed by atoms with E-state index in [1.807, 2.05) is 14.1 Å². The molecule has 1 N–H and O–H groups in total. The highest BCUT2D eigenvalue weighted by Gasteiger charge is 2.44. The predicted molar refractivity (Wildman–Crippen MR) is 66.5 cm³/mol. The highest BCUT2D eigenvalue weighted by Crippen LogP contribution is 2.36. The summed E-state index contributed by atoms with van der Waals surface area (Å²) in [7, 11) is 4.06. The topological polar surface area (TPSA) is 32.7 Å². The lowest BCUT2D eigenvalue weighted by Crippen LogP contribution is -2.57. The van der Waals surface area contributed by atoms with Crippen LogP contribution in [0.3, 0.4) is 0 Å². The molecule has 0 aliphatic carbocycles. The van der Waals surface area contributed by atoms with Crippen molar-refractivity contribution in [1.82, 2.24) is 4.90 Å². The summed E-state index contributed by atoms with van der Waals surface area (Å²) in [5.41, 5.74) is 0.0301. The van der Waals surface area contributed by atoms with Crippen molar-refractivity contribution in [2.45, 2.75) is 64.9 Å². The fourth-order valence-corrected chi connectivity index (χ4v) is 2.43. The van der Waals surface area contributed by atoms with Crippen molar-refractivity contribution >= 4 is 0 Å². The fourth-order valence-electron chi connectivity index (χ4n) is 2.43. The Morgan fingerprint density at radius 1 is 1.38 bits per heavy atom. The Morgan fingerprint density at radius 3 is 2.38 bits per heavy atom. The maximum Gasteiger partial charge on any atom is 0.0962 e. The van der Waals surface area contributed by atoms with E-state index >= 15 is 0 Å². The summed E-state index contributed by atoms with van der Waals surface area (Å²) in [4.78, 5) is 2.11. The number of ether oxygens (including phenoxy) is 1. The lowest BCUT2D eigenvalue weighted by atomic mass is 9.77. The number of aliphatic hydroxyl groups is 1. The van der Waals surface area contributed by atoms with E-state index in [-0.39, 0.29) is 29.8 Å². The zero-order valence-corrected chi connectivity index (χ0v) is 11.5. The van der Waals surface area contributed by atoms with Gasteiger partial charge >= 0.3 is 0 Å². The average Bonchev–Trinajstić information content (AvgIpc) is 2.20. The molecular weight excluding hydrogens is 202 g/mol. The third-order valence-corrected chi connectivity index (χ3v) is 4.00. The average molecular weight is 229 g/mol. The molecule has 0 amide bonds. The normalized spacial score (nSPS) is 36.8. The summed E-state index contributed by atoms with van der Waals surface area (Å²) < 4.78 is 5.96. The Balaban J connectivity index is 2.85. The van der Waals surface area contributed by atoms with Crippen LogP contribution >= 0.6 is 0 Å². The number of nitrogens with zero attached hydrogens (tertiary/aromatic N) is 1. The molecule has 1 saturated heterocycles. The Labute approximate surface area is 99.8 Å². The summed E-state index contributed by atoms with van der Waals surface area (Å²) in [5, 5.41) is 10.4. The zero-order valence-electron chi connectivity index (χ0n) is 11.5. The van der Waals surface area contributed by atoms with Gasteiger partial charge in [-0.05, 0) is 39.3 Å². The van der Waals surface area contributed by atoms with Gasteiger partial charge in [0.25, 0.3) is 0 Å². The number of hydrogen-bond acceptors (Lipinski definition) is 3. The van der Waals surface area contributed by atoms with E-state index in [4.69, 9.17) is 4.74 Å². The molecule has 96 valence electrons. The van der Waals surface area contributed by atoms with Crippen LogP contribution in [-0.2, 0) is 4.74 Å². The molecule has 0 aromatic carbocycles. The van der Waals surface area contributed by atoms with E-state index < -0.39 is 0 Å². The molecular formula is C13H27NO2. The molecule has 1 aliphatic heterocycles. The molecule has 0 spiro atoms. The quantitative estimate of drug-likeness (QED) is 0.802. The highest BCUT2D eigenvalue weighted by molar-refractivity contribution is 4.95. The van der Waals surface area contributed by atoms with Crippen LogP contribution in [0.4, 0.5) is 0 Å². The molecule has 0 saturated carbocycles. The third-order valence-electron chi connectivity index (χ3n) is 4.00. The maximum absolute atomic E-state index is 10.4. The molecule has 0 aromatic heterocycles. The van der Waals surface area contributed by atoms with Crippen LogP contribution in [0.15, 0.2) is 0 Å². The van der Waals surface area contributed by atoms with Crippen molar-refractivity contribution in [2.75, 3.05) is 14.1 Å². The first-order valence-corrected chi connectivity index (χ1v) is 6.29. The first-order valence-electron chi connectivity index (χ1n) is 6.29. The first kappa shape index (κ1) is 13.9. The number of aliphatic hydroxyl groups excluding tert-OH is 1. The second-order valence-electron chi connectivity index (χ2n) is 5.97. The van der Waals surface area contributed by atoms with Gasteiger partial charge in [0.1, 0.15) is 0 Å². The second-order valence-corrected chi connectivity index (χ2v) is 5.97. The Kier molecular flexibility index (Phi) is 4.38. The van der Waals surface area contributed by atoms with Crippen LogP contribution in [0.25, 0.3) is 0 Å². The Bertz CT molecular complexity index is 228. The summed E-state index contributed by atoms with van der Waals surface area (Å²) in [6.07, 6.45) is 1.70. The molecule has 4 atom stereocenters. The van der Waals surface area contributed by atoms with Gasteiger partial charge in [0.05, 0.1) is 18.3 Å². The van der Waals surface area contributed by atoms with Gasteiger partial charge < -0.3 is 14.7 Å². The molecule has 1 heterocycles. The lowest BCUT2D eigenvalue weighted by molar-refractivity contribution is -0.182. The summed E-state index contributed by atoms with van der Waals surface area (Å²) in [6.45, 7) is 8.60. The SMILES string of the molecule is CCC(C)(C)C1OC(C)CC(N(C)C)C1O. The monoisotopic (exact) mass is 229 g/mol. The van der Waals surface area contributed by atoms with Gasteiger partial charge in [-0.3, -0.25) is 0 Å². The molecule has 4 unspecified atom stereocenters. The van der Waals surface area contributed by atoms with Gasteiger partial charge in [-0.2, -0.15) is 0 Å². The van der Waals surface area contributed by atoms with Crippen molar-refractivity contribution in [2.24, 2.45) is 5.41 Å². The molecule has 1 aliphatic rings. The Morgan fingerprint density at radius 2 is 1.94 bits per heavy atom. The number of likely N-dealkylation sites (N-methyl/N-ethyl adjacent to an activating group) is 1. The first-order chi connectivity index (χ1) is 7.29. The fraction of sp³-hybridized carbons (Fsp3) is 1.00. The molecule has 16 heavy (non-hydrogen) atoms. The number of rotatable bonds is 3. The lowest BCUT2D eigenvalue weighted by Gasteiger charge is -2.47. The second kappa shape index (κ2) is 5.03. The van der Waals surface area contributed by atoms with Crippen molar-refractivity contribution in [3.8, 4) is 0 Å². The van der Waals surface area contributed by atoms with Crippen LogP contribution in [0.5, 0.6) is 0 Å². The zero-order chi connectivity index (χ0) is 12.5. The molecule has 0 bridgehead atoms. The molecule has 3 nitrogen and oxygen atoms in total. The minimum Gasteiger partial charge on any atom is -0.389 e. The molecule has 0 aromatic rings. The van der Waals surface area contributed by atoms with E-state index in [0.717, 1.165) is 12.8 Å². The summed E-state index contributed by atoms with van der Waals surface area (Å²) in [6, 6.07) is 0.208. The van der Waals surface area contributed by atoms with Crippen molar-refractivity contribution in [1.29, 1.82) is 0 Å². The van der Waals surface area contributed by atoms with E-state index in [2.05, 4.69) is 32.6 Å². The van der Waals surface area contributed by atoms with Crippen LogP contribution in [-0.4, -0.2) is 48.5 Å². The van der Waals surface area contributed by atoms with Gasteiger partial charge in [0.2, 0.25) is 0 Å². The molecule has 1 fully saturated rings. The molecule has 3 heteroatoms. The maximum atomic E-state index is 10.4. The minimum atomic E-state index is -0.388. The van der Waals surface area contributed by atoms with Gasteiger partial charge in [0.15, 0.2) is 0 Å².